The Morgan fingerprint density at radius 2 is 2.21 bits per heavy atom. The number of benzene rings is 1. The Bertz CT molecular complexity index is 1060. The highest BCUT2D eigenvalue weighted by Gasteiger charge is 2.23. The quantitative estimate of drug-likeness (QED) is 0.388. The number of hydrazone groups is 1. The maximum absolute atomic E-state index is 12.6. The minimum Gasteiger partial charge on any atom is -0.504 e. The first kappa shape index (κ1) is 19.8. The third-order valence-corrected chi connectivity index (χ3v) is 4.08. The molecule has 0 aliphatic heterocycles. The second kappa shape index (κ2) is 8.37. The third-order valence-electron chi connectivity index (χ3n) is 4.08. The van der Waals surface area contributed by atoms with Gasteiger partial charge in [-0.05, 0) is 41.9 Å². The molecule has 0 spiro atoms. The molecule has 3 aromatic rings. The molecule has 2 aromatic heterocycles. The van der Waals surface area contributed by atoms with Crippen molar-refractivity contribution in [2.75, 3.05) is 12.8 Å². The average molecular weight is 400 g/mol. The van der Waals surface area contributed by atoms with Gasteiger partial charge in [-0.1, -0.05) is 18.6 Å². The summed E-state index contributed by atoms with van der Waals surface area (Å²) in [6.45, 7) is 3.65. The molecule has 4 N–H and O–H groups in total. The Morgan fingerprint density at radius 3 is 2.86 bits per heavy atom. The number of nitrogens with zero attached hydrogens (tertiary/aromatic N) is 6. The number of methoxy groups -OCH3 is 1. The summed E-state index contributed by atoms with van der Waals surface area (Å²) in [5, 5.41) is 28.9. The van der Waals surface area contributed by atoms with E-state index >= 15 is 0 Å². The topological polar surface area (TPSA) is 167 Å². The van der Waals surface area contributed by atoms with Crippen molar-refractivity contribution in [1.82, 2.24) is 30.7 Å². The minimum absolute atomic E-state index is 0.00975. The molecule has 12 heteroatoms. The predicted molar refractivity (Wildman–Crippen MR) is 102 cm³/mol. The monoisotopic (exact) mass is 400 g/mol. The standard InChI is InChI=1S/C17H20N8O4/c1-4-5-11-14(20-24-25(11)16-15(18)22-29-23-16)17(27)21-19-9(2)10-6-7-12(26)13(8-10)28-3/h6-8,26H,4-5H2,1-3H3,(H2,18,22)(H,21,27)/b19-9-. The molecular weight excluding hydrogens is 380 g/mol. The summed E-state index contributed by atoms with van der Waals surface area (Å²) in [7, 11) is 1.45. The smallest absolute Gasteiger partial charge is 0.293 e. The van der Waals surface area contributed by atoms with Crippen LogP contribution in [0.15, 0.2) is 27.9 Å². The molecule has 12 nitrogen and oxygen atoms in total. The fourth-order valence-corrected chi connectivity index (χ4v) is 2.60. The summed E-state index contributed by atoms with van der Waals surface area (Å²) >= 11 is 0. The molecule has 29 heavy (non-hydrogen) atoms. The number of rotatable bonds is 7. The number of nitrogens with two attached hydrogens (primary N) is 1. The molecule has 0 radical (unpaired) electrons. The van der Waals surface area contributed by atoms with E-state index in [4.69, 9.17) is 10.5 Å². The number of anilines is 1. The molecule has 1 amide bonds. The van der Waals surface area contributed by atoms with Crippen molar-refractivity contribution in [1.29, 1.82) is 0 Å². The van der Waals surface area contributed by atoms with Crippen LogP contribution in [0.25, 0.3) is 5.82 Å². The lowest BCUT2D eigenvalue weighted by molar-refractivity contribution is 0.0948. The van der Waals surface area contributed by atoms with Crippen LogP contribution < -0.4 is 15.9 Å². The highest BCUT2D eigenvalue weighted by Crippen LogP contribution is 2.26. The van der Waals surface area contributed by atoms with Gasteiger partial charge in [-0.2, -0.15) is 9.78 Å². The fraction of sp³-hybridized carbons (Fsp3) is 0.294. The second-order valence-electron chi connectivity index (χ2n) is 6.04. The second-order valence-corrected chi connectivity index (χ2v) is 6.04. The summed E-state index contributed by atoms with van der Waals surface area (Å²) in [5.41, 5.74) is 9.94. The van der Waals surface area contributed by atoms with Gasteiger partial charge in [0.1, 0.15) is 0 Å². The molecule has 152 valence electrons. The summed E-state index contributed by atoms with van der Waals surface area (Å²) in [4.78, 5) is 12.6. The van der Waals surface area contributed by atoms with Gasteiger partial charge in [0.05, 0.1) is 18.5 Å². The van der Waals surface area contributed by atoms with E-state index in [0.717, 1.165) is 6.42 Å². The van der Waals surface area contributed by atoms with Gasteiger partial charge in [-0.3, -0.25) is 4.79 Å². The van der Waals surface area contributed by atoms with Gasteiger partial charge in [0, 0.05) is 5.56 Å². The molecule has 0 aliphatic rings. The Kier molecular flexibility index (Phi) is 5.71. The van der Waals surface area contributed by atoms with Crippen LogP contribution in [0.5, 0.6) is 11.5 Å². The van der Waals surface area contributed by atoms with Crippen LogP contribution >= 0.6 is 0 Å². The summed E-state index contributed by atoms with van der Waals surface area (Å²) in [5.74, 6) is -0.0315. The van der Waals surface area contributed by atoms with Gasteiger partial charge in [0.2, 0.25) is 11.6 Å². The van der Waals surface area contributed by atoms with Crippen LogP contribution in [0.4, 0.5) is 5.82 Å². The number of phenolic OH excluding ortho intramolecular Hbond substituents is 1. The maximum Gasteiger partial charge on any atom is 0.293 e. The molecular formula is C17H20N8O4. The number of carbonyl (C=O) groups excluding carboxylic acids is 1. The molecule has 0 fully saturated rings. The lowest BCUT2D eigenvalue weighted by Gasteiger charge is -2.07. The molecule has 0 aliphatic carbocycles. The van der Waals surface area contributed by atoms with E-state index in [0.29, 0.717) is 29.1 Å². The van der Waals surface area contributed by atoms with Crippen molar-refractivity contribution in [3.8, 4) is 17.3 Å². The van der Waals surface area contributed by atoms with E-state index in [1.807, 2.05) is 6.92 Å². The molecule has 0 bridgehead atoms. The van der Waals surface area contributed by atoms with Crippen LogP contribution in [0.2, 0.25) is 0 Å². The maximum atomic E-state index is 12.6. The van der Waals surface area contributed by atoms with E-state index in [1.165, 1.54) is 17.9 Å². The first-order valence-corrected chi connectivity index (χ1v) is 8.71. The number of aromatic hydroxyl groups is 1. The number of amides is 1. The normalized spacial score (nSPS) is 11.5. The van der Waals surface area contributed by atoms with E-state index < -0.39 is 5.91 Å². The van der Waals surface area contributed by atoms with E-state index in [1.54, 1.807) is 19.1 Å². The van der Waals surface area contributed by atoms with E-state index in [2.05, 4.69) is 35.8 Å². The van der Waals surface area contributed by atoms with Crippen molar-refractivity contribution in [3.63, 3.8) is 0 Å². The summed E-state index contributed by atoms with van der Waals surface area (Å²) in [6, 6.07) is 4.75. The Balaban J connectivity index is 1.85. The Morgan fingerprint density at radius 1 is 1.41 bits per heavy atom. The molecule has 2 heterocycles. The SMILES string of the molecule is CCCc1c(C(=O)N/N=C(/C)c2ccc(O)c(OC)c2)nnn1-c1nonc1N. The number of nitrogen functional groups attached to an aromatic ring is 1. The van der Waals surface area contributed by atoms with Gasteiger partial charge in [0.15, 0.2) is 17.2 Å². The zero-order chi connectivity index (χ0) is 21.0. The van der Waals surface area contributed by atoms with E-state index in [9.17, 15) is 9.90 Å². The van der Waals surface area contributed by atoms with Crippen LogP contribution in [-0.4, -0.2) is 49.1 Å². The van der Waals surface area contributed by atoms with Crippen molar-refractivity contribution in [2.45, 2.75) is 26.7 Å². The zero-order valence-corrected chi connectivity index (χ0v) is 16.1. The molecule has 0 atom stereocenters. The molecule has 0 saturated carbocycles. The number of carbonyl (C=O) groups is 1. The highest BCUT2D eigenvalue weighted by atomic mass is 16.6. The number of phenols is 1. The molecule has 0 saturated heterocycles. The van der Waals surface area contributed by atoms with Gasteiger partial charge in [0.25, 0.3) is 5.91 Å². The molecule has 1 aromatic carbocycles. The largest absolute Gasteiger partial charge is 0.504 e. The third kappa shape index (κ3) is 4.00. The summed E-state index contributed by atoms with van der Waals surface area (Å²) < 4.78 is 11.0. The van der Waals surface area contributed by atoms with Gasteiger partial charge >= 0.3 is 0 Å². The van der Waals surface area contributed by atoms with Crippen LogP contribution in [0, 0.1) is 0 Å². The van der Waals surface area contributed by atoms with Crippen molar-refractivity contribution >= 4 is 17.4 Å². The lowest BCUT2D eigenvalue weighted by Crippen LogP contribution is -2.21. The number of aromatic nitrogens is 5. The Hall–Kier alpha value is -3.96. The van der Waals surface area contributed by atoms with Crippen LogP contribution in [0.3, 0.4) is 0 Å². The first-order valence-electron chi connectivity index (χ1n) is 8.71. The highest BCUT2D eigenvalue weighted by molar-refractivity contribution is 6.01. The number of ether oxygens (including phenoxy) is 1. The predicted octanol–water partition coefficient (Wildman–Crippen LogP) is 1.05. The molecule has 0 unspecified atom stereocenters. The van der Waals surface area contributed by atoms with Crippen LogP contribution in [-0.2, 0) is 6.42 Å². The first-order chi connectivity index (χ1) is 14.0. The summed E-state index contributed by atoms with van der Waals surface area (Å²) in [6.07, 6.45) is 1.23. The van der Waals surface area contributed by atoms with Gasteiger partial charge < -0.3 is 15.6 Å². The van der Waals surface area contributed by atoms with Crippen molar-refractivity contribution in [2.24, 2.45) is 5.10 Å². The van der Waals surface area contributed by atoms with E-state index in [-0.39, 0.29) is 23.1 Å². The van der Waals surface area contributed by atoms with Gasteiger partial charge in [-0.15, -0.1) is 5.10 Å². The number of hydrogen-bond donors (Lipinski definition) is 3. The van der Waals surface area contributed by atoms with Crippen LogP contribution in [0.1, 0.15) is 42.0 Å². The number of hydrogen-bond acceptors (Lipinski definition) is 10. The van der Waals surface area contributed by atoms with Gasteiger partial charge in [-0.25, -0.2) is 10.1 Å². The van der Waals surface area contributed by atoms with Crippen molar-refractivity contribution in [3.05, 3.63) is 35.2 Å². The molecule has 3 rings (SSSR count). The lowest BCUT2D eigenvalue weighted by atomic mass is 10.1. The Labute approximate surface area is 165 Å². The minimum atomic E-state index is -0.542. The number of nitrogens with one attached hydrogen (secondary N) is 1. The van der Waals surface area contributed by atoms with Crippen molar-refractivity contribution < 1.29 is 19.3 Å². The average Bonchev–Trinajstić information content (AvgIpc) is 3.32. The fourth-order valence-electron chi connectivity index (χ4n) is 2.60. The zero-order valence-electron chi connectivity index (χ0n) is 16.1.